The van der Waals surface area contributed by atoms with Gasteiger partial charge in [-0.15, -0.1) is 0 Å². The molecular weight excluding hydrogens is 569 g/mol. The van der Waals surface area contributed by atoms with Crippen LogP contribution in [0.1, 0.15) is 74.8 Å². The van der Waals surface area contributed by atoms with Crippen LogP contribution in [0.2, 0.25) is 0 Å². The van der Waals surface area contributed by atoms with Crippen molar-refractivity contribution in [3.63, 3.8) is 0 Å². The monoisotopic (exact) mass is 614 g/mol. The average Bonchev–Trinajstić information content (AvgIpc) is 3.52. The van der Waals surface area contributed by atoms with E-state index >= 15 is 0 Å². The molecule has 0 radical (unpaired) electrons. The van der Waals surface area contributed by atoms with Gasteiger partial charge in [0.2, 0.25) is 0 Å². The van der Waals surface area contributed by atoms with Gasteiger partial charge in [-0.2, -0.15) is 0 Å². The number of hydrogen-bond donors (Lipinski definition) is 0. The van der Waals surface area contributed by atoms with Gasteiger partial charge < -0.3 is 4.74 Å². The molecular formula is C46H46O. The summed E-state index contributed by atoms with van der Waals surface area (Å²) in [6.07, 6.45) is 49.7. The van der Waals surface area contributed by atoms with Crippen molar-refractivity contribution in [2.75, 3.05) is 0 Å². The molecule has 0 amide bonds. The standard InChI is InChI=1S/C46H46O/c1-3-13-34-29(10-1)12-9-19-35(34)31-20-22-32(23-21-31)44-37-15-5-7-17-39(37)45(40-18-8-6-16-38(40)44)33-25-26-42-41(28-33)46-36-14-4-2-11-30(36)24-27-43(46)47-42/h1,3-10,12-15,17,19-20,25-26,28-29,32,34,37-38,40,43-44,46H,2,11,16,18,21-24,27H2. The third-order valence-electron chi connectivity index (χ3n) is 13.3. The summed E-state index contributed by atoms with van der Waals surface area (Å²) in [5.41, 5.74) is 12.6. The largest absolute Gasteiger partial charge is 0.489 e. The topological polar surface area (TPSA) is 9.23 Å². The molecule has 8 aliphatic carbocycles. The van der Waals surface area contributed by atoms with Gasteiger partial charge >= 0.3 is 0 Å². The molecule has 0 fully saturated rings. The molecule has 9 unspecified atom stereocenters. The lowest BCUT2D eigenvalue weighted by Crippen LogP contribution is -2.41. The zero-order chi connectivity index (χ0) is 30.9. The summed E-state index contributed by atoms with van der Waals surface area (Å²) in [7, 11) is 0. The molecule has 1 heteroatoms. The first kappa shape index (κ1) is 28.2. The van der Waals surface area contributed by atoms with Crippen molar-refractivity contribution in [1.82, 2.24) is 0 Å². The predicted molar refractivity (Wildman–Crippen MR) is 194 cm³/mol. The highest BCUT2D eigenvalue weighted by molar-refractivity contribution is 5.77. The fourth-order valence-corrected chi connectivity index (χ4v) is 11.3. The lowest BCUT2D eigenvalue weighted by molar-refractivity contribution is 0.129. The Kier molecular flexibility index (Phi) is 6.84. The summed E-state index contributed by atoms with van der Waals surface area (Å²) < 4.78 is 6.65. The molecule has 47 heavy (non-hydrogen) atoms. The number of rotatable bonds is 3. The van der Waals surface area contributed by atoms with Crippen LogP contribution < -0.4 is 4.74 Å². The molecule has 0 aromatic heterocycles. The van der Waals surface area contributed by atoms with Crippen molar-refractivity contribution in [3.8, 4) is 5.75 Å². The van der Waals surface area contributed by atoms with Gasteiger partial charge in [-0.25, -0.2) is 0 Å². The van der Waals surface area contributed by atoms with Crippen molar-refractivity contribution in [2.24, 2.45) is 41.4 Å². The lowest BCUT2D eigenvalue weighted by atomic mass is 9.54. The van der Waals surface area contributed by atoms with Gasteiger partial charge in [0.1, 0.15) is 11.9 Å². The molecule has 1 aliphatic heterocycles. The van der Waals surface area contributed by atoms with Crippen LogP contribution in [0.5, 0.6) is 5.75 Å². The van der Waals surface area contributed by atoms with E-state index in [1.165, 1.54) is 56.1 Å². The fourth-order valence-electron chi connectivity index (χ4n) is 11.3. The summed E-state index contributed by atoms with van der Waals surface area (Å²) >= 11 is 0. The molecule has 0 saturated carbocycles. The van der Waals surface area contributed by atoms with Crippen molar-refractivity contribution in [3.05, 3.63) is 154 Å². The number of allylic oxidation sites excluding steroid dienone is 21. The number of benzene rings is 1. The van der Waals surface area contributed by atoms with E-state index in [1.54, 1.807) is 33.4 Å². The molecule has 0 bridgehead atoms. The smallest absolute Gasteiger partial charge is 0.123 e. The van der Waals surface area contributed by atoms with E-state index in [1.807, 2.05) is 0 Å². The van der Waals surface area contributed by atoms with Crippen LogP contribution in [-0.2, 0) is 0 Å². The van der Waals surface area contributed by atoms with Gasteiger partial charge in [0.05, 0.1) is 0 Å². The Bertz CT molecular complexity index is 1840. The zero-order valence-corrected chi connectivity index (χ0v) is 27.4. The second kappa shape index (κ2) is 11.4. The van der Waals surface area contributed by atoms with Gasteiger partial charge in [0.15, 0.2) is 0 Å². The molecule has 0 N–H and O–H groups in total. The quantitative estimate of drug-likeness (QED) is 0.308. The maximum absolute atomic E-state index is 6.65. The first-order valence-corrected chi connectivity index (χ1v) is 18.7. The average molecular weight is 615 g/mol. The minimum atomic E-state index is 0.298. The van der Waals surface area contributed by atoms with E-state index in [2.05, 4.69) is 115 Å². The van der Waals surface area contributed by atoms with Gasteiger partial charge in [-0.1, -0.05) is 109 Å². The molecule has 9 atom stereocenters. The maximum Gasteiger partial charge on any atom is 0.123 e. The van der Waals surface area contributed by atoms with Crippen molar-refractivity contribution >= 4 is 5.57 Å². The van der Waals surface area contributed by atoms with Crippen LogP contribution in [0, 0.1) is 41.4 Å². The van der Waals surface area contributed by atoms with Gasteiger partial charge in [-0.05, 0) is 127 Å². The second-order valence-corrected chi connectivity index (χ2v) is 15.5. The highest BCUT2D eigenvalue weighted by Gasteiger charge is 2.47. The molecule has 236 valence electrons. The van der Waals surface area contributed by atoms with E-state index in [-0.39, 0.29) is 0 Å². The van der Waals surface area contributed by atoms with Crippen LogP contribution in [0.25, 0.3) is 5.57 Å². The normalized spacial score (nSPS) is 37.3. The fraction of sp³-hybridized carbons (Fsp3) is 0.391. The molecule has 10 rings (SSSR count). The van der Waals surface area contributed by atoms with E-state index < -0.39 is 0 Å². The third kappa shape index (κ3) is 4.56. The predicted octanol–water partition coefficient (Wildman–Crippen LogP) is 11.3. The first-order chi connectivity index (χ1) is 23.3. The minimum absolute atomic E-state index is 0.298. The van der Waals surface area contributed by atoms with Crippen LogP contribution >= 0.6 is 0 Å². The number of ether oxygens (including phenoxy) is 1. The van der Waals surface area contributed by atoms with Crippen LogP contribution in [0.4, 0.5) is 0 Å². The molecule has 1 aromatic carbocycles. The van der Waals surface area contributed by atoms with Gasteiger partial charge in [0.25, 0.3) is 0 Å². The molecule has 9 aliphatic rings. The molecule has 0 saturated heterocycles. The zero-order valence-electron chi connectivity index (χ0n) is 27.4. The Labute approximate surface area is 281 Å². The molecule has 1 heterocycles. The molecule has 1 nitrogen and oxygen atoms in total. The Morgan fingerprint density at radius 3 is 2.57 bits per heavy atom. The summed E-state index contributed by atoms with van der Waals surface area (Å²) in [6, 6.07) is 7.31. The molecule has 1 aromatic rings. The van der Waals surface area contributed by atoms with Crippen LogP contribution in [-0.4, -0.2) is 6.10 Å². The second-order valence-electron chi connectivity index (χ2n) is 15.5. The summed E-state index contributed by atoms with van der Waals surface area (Å²) in [4.78, 5) is 0. The summed E-state index contributed by atoms with van der Waals surface area (Å²) in [6.45, 7) is 0. The maximum atomic E-state index is 6.65. The Balaban J connectivity index is 1.00. The van der Waals surface area contributed by atoms with Crippen LogP contribution in [0.3, 0.4) is 0 Å². The van der Waals surface area contributed by atoms with E-state index in [4.69, 9.17) is 4.74 Å². The van der Waals surface area contributed by atoms with Crippen molar-refractivity contribution in [1.29, 1.82) is 0 Å². The Morgan fingerprint density at radius 1 is 0.723 bits per heavy atom. The number of fused-ring (bicyclic) bond motifs is 7. The number of hydrogen-bond acceptors (Lipinski definition) is 1. The van der Waals surface area contributed by atoms with Gasteiger partial charge in [0, 0.05) is 29.2 Å². The highest BCUT2D eigenvalue weighted by atomic mass is 16.5. The van der Waals surface area contributed by atoms with E-state index in [9.17, 15) is 0 Å². The van der Waals surface area contributed by atoms with Crippen molar-refractivity contribution < 1.29 is 4.74 Å². The lowest BCUT2D eigenvalue weighted by Gasteiger charge is -2.50. The molecule has 0 spiro atoms. The Morgan fingerprint density at radius 2 is 1.62 bits per heavy atom. The van der Waals surface area contributed by atoms with E-state index in [0.717, 1.165) is 24.5 Å². The Hall–Kier alpha value is -3.84. The first-order valence-electron chi connectivity index (χ1n) is 18.7. The third-order valence-corrected chi connectivity index (χ3v) is 13.3. The SMILES string of the molecule is C1=CC2=C(c3ccc4c(c3)C3C5=C(CCC=C5)CCC3O4)C3CC=CCC3C(C3CC=C(C4=CC=CC5C=CC=CC45)CC3)C2C=C1. The van der Waals surface area contributed by atoms with Gasteiger partial charge in [-0.3, -0.25) is 0 Å². The van der Waals surface area contributed by atoms with Crippen LogP contribution in [0.15, 0.2) is 143 Å². The highest BCUT2D eigenvalue weighted by Crippen LogP contribution is 2.58. The minimum Gasteiger partial charge on any atom is -0.489 e. The summed E-state index contributed by atoms with van der Waals surface area (Å²) in [5, 5.41) is 0. The van der Waals surface area contributed by atoms with Crippen molar-refractivity contribution in [2.45, 2.75) is 69.8 Å². The summed E-state index contributed by atoms with van der Waals surface area (Å²) in [5.74, 6) is 5.75. The van der Waals surface area contributed by atoms with E-state index in [0.29, 0.717) is 47.5 Å².